The number of hydrogen-bond donors (Lipinski definition) is 0. The lowest BCUT2D eigenvalue weighted by atomic mass is 10.2. The molecule has 0 aromatic carbocycles. The molecule has 0 bridgehead atoms. The fraction of sp³-hybridized carbons (Fsp3) is 1.00. The molecule has 0 aromatic heterocycles. The normalized spacial score (nSPS) is 13.3. The van der Waals surface area contributed by atoms with Gasteiger partial charge in [0.15, 0.2) is 13.6 Å². The zero-order valence-corrected chi connectivity index (χ0v) is 10.0. The molecule has 0 spiro atoms. The lowest BCUT2D eigenvalue weighted by Gasteiger charge is -2.20. The van der Waals surface area contributed by atoms with Gasteiger partial charge in [-0.05, 0) is 41.5 Å². The van der Waals surface area contributed by atoms with Crippen LogP contribution in [-0.4, -0.2) is 24.8 Å². The van der Waals surface area contributed by atoms with Gasteiger partial charge in [0.25, 0.3) is 0 Å². The highest BCUT2D eigenvalue weighted by atomic mass is 17.2. The molecule has 0 atom stereocenters. The van der Waals surface area contributed by atoms with Crippen LogP contribution in [0.5, 0.6) is 0 Å². The molecule has 0 aliphatic carbocycles. The molecule has 0 saturated heterocycles. The summed E-state index contributed by atoms with van der Waals surface area (Å²) in [6.07, 6.45) is 0. The molecule has 0 N–H and O–H groups in total. The molecule has 0 unspecified atom stereocenters. The molecule has 0 heterocycles. The zero-order chi connectivity index (χ0) is 11.2. The molecule has 0 amide bonds. The van der Waals surface area contributed by atoms with E-state index in [1.54, 1.807) is 0 Å². The van der Waals surface area contributed by atoms with Gasteiger partial charge >= 0.3 is 0 Å². The van der Waals surface area contributed by atoms with Crippen molar-refractivity contribution in [3.8, 4) is 0 Å². The average Bonchev–Trinajstić information content (AvgIpc) is 1.92. The second-order valence-corrected chi connectivity index (χ2v) is 4.98. The fourth-order valence-corrected chi connectivity index (χ4v) is 0.470. The molecule has 0 aliphatic heterocycles. The molecular formula is C10H22O4. The van der Waals surface area contributed by atoms with Gasteiger partial charge < -0.3 is 9.47 Å². The van der Waals surface area contributed by atoms with E-state index in [4.69, 9.17) is 19.2 Å². The predicted molar refractivity (Wildman–Crippen MR) is 53.6 cm³/mol. The van der Waals surface area contributed by atoms with Gasteiger partial charge in [-0.15, -0.1) is 0 Å². The topological polar surface area (TPSA) is 36.9 Å². The first-order valence-corrected chi connectivity index (χ1v) is 4.73. The highest BCUT2D eigenvalue weighted by Crippen LogP contribution is 2.07. The summed E-state index contributed by atoms with van der Waals surface area (Å²) >= 11 is 0. The third-order valence-electron chi connectivity index (χ3n) is 1.16. The first-order chi connectivity index (χ1) is 6.21. The molecule has 0 rings (SSSR count). The molecule has 14 heavy (non-hydrogen) atoms. The minimum atomic E-state index is -0.214. The standard InChI is InChI=1S/C10H22O4/c1-9(2,3)11-7-13-14-8-12-10(4,5)6/h7-8H2,1-6H3. The summed E-state index contributed by atoms with van der Waals surface area (Å²) in [7, 11) is 0. The molecule has 0 fully saturated rings. The summed E-state index contributed by atoms with van der Waals surface area (Å²) in [6.45, 7) is 11.9. The Labute approximate surface area is 86.4 Å². The van der Waals surface area contributed by atoms with Crippen molar-refractivity contribution in [2.24, 2.45) is 0 Å². The lowest BCUT2D eigenvalue weighted by molar-refractivity contribution is -0.384. The van der Waals surface area contributed by atoms with Gasteiger partial charge in [-0.3, -0.25) is 0 Å². The third kappa shape index (κ3) is 11.8. The van der Waals surface area contributed by atoms with Gasteiger partial charge in [0, 0.05) is 0 Å². The Hall–Kier alpha value is -0.160. The minimum absolute atomic E-state index is 0.108. The summed E-state index contributed by atoms with van der Waals surface area (Å²) in [6, 6.07) is 0. The van der Waals surface area contributed by atoms with Crippen LogP contribution in [0.25, 0.3) is 0 Å². The smallest absolute Gasteiger partial charge is 0.181 e. The van der Waals surface area contributed by atoms with E-state index >= 15 is 0 Å². The van der Waals surface area contributed by atoms with Gasteiger partial charge in [-0.1, -0.05) is 0 Å². The summed E-state index contributed by atoms with van der Waals surface area (Å²) in [4.78, 5) is 9.52. The Balaban J connectivity index is 3.23. The van der Waals surface area contributed by atoms with Crippen LogP contribution in [0.4, 0.5) is 0 Å². The molecule has 0 radical (unpaired) electrons. The maximum Gasteiger partial charge on any atom is 0.181 e. The monoisotopic (exact) mass is 206 g/mol. The predicted octanol–water partition coefficient (Wildman–Crippen LogP) is 2.48. The van der Waals surface area contributed by atoms with Crippen molar-refractivity contribution in [3.63, 3.8) is 0 Å². The van der Waals surface area contributed by atoms with Crippen molar-refractivity contribution >= 4 is 0 Å². The van der Waals surface area contributed by atoms with Crippen LogP contribution in [0.1, 0.15) is 41.5 Å². The Kier molecular flexibility index (Phi) is 5.59. The maximum atomic E-state index is 5.26. The largest absolute Gasteiger partial charge is 0.347 e. The van der Waals surface area contributed by atoms with E-state index < -0.39 is 0 Å². The van der Waals surface area contributed by atoms with Gasteiger partial charge in [0.05, 0.1) is 11.2 Å². The van der Waals surface area contributed by atoms with E-state index in [-0.39, 0.29) is 24.8 Å². The Bertz CT molecular complexity index is 125. The first kappa shape index (κ1) is 13.8. The third-order valence-corrected chi connectivity index (χ3v) is 1.16. The van der Waals surface area contributed by atoms with E-state index in [9.17, 15) is 0 Å². The highest BCUT2D eigenvalue weighted by Gasteiger charge is 2.11. The lowest BCUT2D eigenvalue weighted by Crippen LogP contribution is -2.23. The van der Waals surface area contributed by atoms with Gasteiger partial charge in [0.1, 0.15) is 0 Å². The summed E-state index contributed by atoms with van der Waals surface area (Å²) in [5.74, 6) is 0. The first-order valence-electron chi connectivity index (χ1n) is 4.73. The van der Waals surface area contributed by atoms with Crippen LogP contribution in [0.3, 0.4) is 0 Å². The van der Waals surface area contributed by atoms with Gasteiger partial charge in [0.2, 0.25) is 0 Å². The molecule has 0 saturated carbocycles. The summed E-state index contributed by atoms with van der Waals surface area (Å²) in [5.41, 5.74) is -0.428. The highest BCUT2D eigenvalue weighted by molar-refractivity contribution is 4.56. The zero-order valence-electron chi connectivity index (χ0n) is 10.0. The molecular weight excluding hydrogens is 184 g/mol. The summed E-state index contributed by atoms with van der Waals surface area (Å²) < 4.78 is 10.5. The molecule has 0 aromatic rings. The van der Waals surface area contributed by atoms with E-state index in [0.29, 0.717) is 0 Å². The van der Waals surface area contributed by atoms with E-state index in [1.165, 1.54) is 0 Å². The van der Waals surface area contributed by atoms with Crippen LogP contribution in [0, 0.1) is 0 Å². The second kappa shape index (κ2) is 5.66. The van der Waals surface area contributed by atoms with Gasteiger partial charge in [-0.2, -0.15) is 0 Å². The fourth-order valence-electron chi connectivity index (χ4n) is 0.470. The second-order valence-electron chi connectivity index (χ2n) is 4.98. The van der Waals surface area contributed by atoms with Crippen LogP contribution in [-0.2, 0) is 19.2 Å². The molecule has 0 aliphatic rings. The summed E-state index contributed by atoms with van der Waals surface area (Å²) in [5, 5.41) is 0. The van der Waals surface area contributed by atoms with Crippen molar-refractivity contribution in [1.29, 1.82) is 0 Å². The SMILES string of the molecule is CC(C)(C)OCOOCOC(C)(C)C. The number of ether oxygens (including phenoxy) is 2. The Morgan fingerprint density at radius 3 is 1.14 bits per heavy atom. The van der Waals surface area contributed by atoms with Crippen molar-refractivity contribution in [3.05, 3.63) is 0 Å². The van der Waals surface area contributed by atoms with Crippen LogP contribution in [0.15, 0.2) is 0 Å². The Morgan fingerprint density at radius 2 is 0.929 bits per heavy atom. The Morgan fingerprint density at radius 1 is 0.643 bits per heavy atom. The van der Waals surface area contributed by atoms with Crippen LogP contribution >= 0.6 is 0 Å². The van der Waals surface area contributed by atoms with Crippen molar-refractivity contribution in [2.75, 3.05) is 13.6 Å². The van der Waals surface area contributed by atoms with Crippen molar-refractivity contribution in [2.45, 2.75) is 52.7 Å². The van der Waals surface area contributed by atoms with Crippen molar-refractivity contribution < 1.29 is 19.2 Å². The average molecular weight is 206 g/mol. The molecule has 86 valence electrons. The van der Waals surface area contributed by atoms with E-state index in [2.05, 4.69) is 0 Å². The van der Waals surface area contributed by atoms with Gasteiger partial charge in [-0.25, -0.2) is 9.78 Å². The van der Waals surface area contributed by atoms with E-state index in [0.717, 1.165) is 0 Å². The maximum absolute atomic E-state index is 5.26. The molecule has 4 heteroatoms. The minimum Gasteiger partial charge on any atom is -0.347 e. The van der Waals surface area contributed by atoms with Crippen LogP contribution < -0.4 is 0 Å². The van der Waals surface area contributed by atoms with Crippen LogP contribution in [0.2, 0.25) is 0 Å². The number of hydrogen-bond acceptors (Lipinski definition) is 4. The van der Waals surface area contributed by atoms with E-state index in [1.807, 2.05) is 41.5 Å². The van der Waals surface area contributed by atoms with Crippen molar-refractivity contribution in [1.82, 2.24) is 0 Å². The molecule has 4 nitrogen and oxygen atoms in total. The quantitative estimate of drug-likeness (QED) is 0.300. The number of rotatable bonds is 5.